The molecule has 0 bridgehead atoms. The lowest BCUT2D eigenvalue weighted by Crippen LogP contribution is -2.41. The fourth-order valence-electron chi connectivity index (χ4n) is 2.78. The van der Waals surface area contributed by atoms with Crippen molar-refractivity contribution in [2.75, 3.05) is 0 Å². The Bertz CT molecular complexity index is 847. The summed E-state index contributed by atoms with van der Waals surface area (Å²) in [5.41, 5.74) is 5.10. The predicted octanol–water partition coefficient (Wildman–Crippen LogP) is 4.81. The van der Waals surface area contributed by atoms with E-state index >= 15 is 0 Å². The molecule has 0 aliphatic rings. The van der Waals surface area contributed by atoms with Crippen LogP contribution in [0, 0.1) is 13.8 Å². The Labute approximate surface area is 149 Å². The van der Waals surface area contributed by atoms with Crippen LogP contribution in [0.4, 0.5) is 0 Å². The molecule has 0 aromatic heterocycles. The first-order chi connectivity index (χ1) is 11.7. The summed E-state index contributed by atoms with van der Waals surface area (Å²) in [6.07, 6.45) is 0.756. The molecular weight excluding hydrogens is 310 g/mol. The highest BCUT2D eigenvalue weighted by Gasteiger charge is 2.25. The minimum Gasteiger partial charge on any atom is -0.343 e. The minimum atomic E-state index is -0.582. The number of carbonyl (C=O) groups is 2. The monoisotopic (exact) mass is 335 g/mol. The number of aldehydes is 1. The lowest BCUT2D eigenvalue weighted by atomic mass is 9.90. The van der Waals surface area contributed by atoms with Gasteiger partial charge in [-0.25, -0.2) is 0 Å². The molecule has 1 amide bonds. The van der Waals surface area contributed by atoms with Crippen LogP contribution in [0.1, 0.15) is 63.7 Å². The summed E-state index contributed by atoms with van der Waals surface area (Å²) in [6.45, 7) is 13.6. The van der Waals surface area contributed by atoms with Gasteiger partial charge in [-0.2, -0.15) is 0 Å². The highest BCUT2D eigenvalue weighted by Crippen LogP contribution is 2.25. The molecule has 25 heavy (non-hydrogen) atoms. The minimum absolute atomic E-state index is 0.254. The molecule has 0 aliphatic heterocycles. The number of benzene rings is 2. The van der Waals surface area contributed by atoms with Crippen LogP contribution in [0.15, 0.2) is 43.0 Å². The Morgan fingerprint density at radius 2 is 1.84 bits per heavy atom. The summed E-state index contributed by atoms with van der Waals surface area (Å²) in [7, 11) is 0. The first-order valence-electron chi connectivity index (χ1n) is 8.31. The van der Waals surface area contributed by atoms with E-state index in [4.69, 9.17) is 0 Å². The number of hydrogen-bond acceptors (Lipinski definition) is 2. The molecule has 0 saturated carbocycles. The number of amides is 1. The lowest BCUT2D eigenvalue weighted by Gasteiger charge is -2.28. The van der Waals surface area contributed by atoms with E-state index in [1.54, 1.807) is 6.07 Å². The smallest absolute Gasteiger partial charge is 0.252 e. The van der Waals surface area contributed by atoms with Crippen LogP contribution in [0.25, 0.3) is 5.57 Å². The van der Waals surface area contributed by atoms with Crippen molar-refractivity contribution in [2.45, 2.75) is 40.2 Å². The lowest BCUT2D eigenvalue weighted by molar-refractivity contribution is 0.0907. The van der Waals surface area contributed by atoms with Crippen LogP contribution in [0.3, 0.4) is 0 Å². The topological polar surface area (TPSA) is 46.2 Å². The molecule has 0 atom stereocenters. The van der Waals surface area contributed by atoms with Crippen LogP contribution in [0.5, 0.6) is 0 Å². The third-order valence-electron chi connectivity index (χ3n) is 4.65. The first-order valence-corrected chi connectivity index (χ1v) is 8.31. The number of nitrogens with one attached hydrogen (secondary N) is 1. The molecule has 0 aliphatic carbocycles. The van der Waals surface area contributed by atoms with Gasteiger partial charge < -0.3 is 5.32 Å². The molecule has 2 aromatic rings. The molecular formula is C22H25NO2. The van der Waals surface area contributed by atoms with Gasteiger partial charge in [-0.05, 0) is 69.0 Å². The molecule has 2 aromatic carbocycles. The molecule has 0 unspecified atom stereocenters. The van der Waals surface area contributed by atoms with Gasteiger partial charge in [-0.3, -0.25) is 9.59 Å². The molecule has 0 fully saturated rings. The van der Waals surface area contributed by atoms with Crippen LogP contribution in [-0.4, -0.2) is 12.2 Å². The SMILES string of the molecule is C=C(C)c1cccc(C(C)(C)NC(=O)c2ccc(C)c(C)c2C=O)c1. The Morgan fingerprint density at radius 1 is 1.16 bits per heavy atom. The first kappa shape index (κ1) is 18.7. The van der Waals surface area contributed by atoms with Gasteiger partial charge in [0.05, 0.1) is 11.1 Å². The Hall–Kier alpha value is -2.68. The number of rotatable bonds is 5. The normalized spacial score (nSPS) is 11.1. The van der Waals surface area contributed by atoms with Gasteiger partial charge >= 0.3 is 0 Å². The highest BCUT2D eigenvalue weighted by atomic mass is 16.2. The molecule has 3 nitrogen and oxygen atoms in total. The largest absolute Gasteiger partial charge is 0.343 e. The van der Waals surface area contributed by atoms with Gasteiger partial charge in [0.25, 0.3) is 5.91 Å². The van der Waals surface area contributed by atoms with E-state index in [2.05, 4.69) is 11.9 Å². The molecule has 2 rings (SSSR count). The molecule has 130 valence electrons. The van der Waals surface area contributed by atoms with Crippen molar-refractivity contribution in [2.24, 2.45) is 0 Å². The van der Waals surface area contributed by atoms with Gasteiger partial charge in [0, 0.05) is 5.56 Å². The predicted molar refractivity (Wildman–Crippen MR) is 103 cm³/mol. The molecule has 1 N–H and O–H groups in total. The van der Waals surface area contributed by atoms with Gasteiger partial charge in [-0.1, -0.05) is 36.4 Å². The second-order valence-electron chi connectivity index (χ2n) is 7.03. The van der Waals surface area contributed by atoms with E-state index in [0.29, 0.717) is 11.1 Å². The van der Waals surface area contributed by atoms with Crippen molar-refractivity contribution in [1.29, 1.82) is 0 Å². The van der Waals surface area contributed by atoms with Crippen molar-refractivity contribution in [1.82, 2.24) is 5.32 Å². The van der Waals surface area contributed by atoms with Gasteiger partial charge in [0.1, 0.15) is 0 Å². The van der Waals surface area contributed by atoms with Crippen molar-refractivity contribution in [3.63, 3.8) is 0 Å². The quantitative estimate of drug-likeness (QED) is 0.797. The molecule has 0 spiro atoms. The van der Waals surface area contributed by atoms with Gasteiger partial charge in [0.15, 0.2) is 6.29 Å². The van der Waals surface area contributed by atoms with Crippen molar-refractivity contribution in [3.8, 4) is 0 Å². The van der Waals surface area contributed by atoms with Crippen molar-refractivity contribution >= 4 is 17.8 Å². The van der Waals surface area contributed by atoms with E-state index in [1.807, 2.05) is 65.0 Å². The fourth-order valence-corrected chi connectivity index (χ4v) is 2.78. The van der Waals surface area contributed by atoms with Crippen molar-refractivity contribution < 1.29 is 9.59 Å². The van der Waals surface area contributed by atoms with E-state index in [-0.39, 0.29) is 5.91 Å². The second-order valence-corrected chi connectivity index (χ2v) is 7.03. The van der Waals surface area contributed by atoms with Crippen molar-refractivity contribution in [3.05, 3.63) is 76.4 Å². The van der Waals surface area contributed by atoms with E-state index in [9.17, 15) is 9.59 Å². The maximum absolute atomic E-state index is 12.8. The second kappa shape index (κ2) is 7.06. The molecule has 3 heteroatoms. The van der Waals surface area contributed by atoms with Crippen LogP contribution < -0.4 is 5.32 Å². The molecule has 0 heterocycles. The van der Waals surface area contributed by atoms with Gasteiger partial charge in [-0.15, -0.1) is 0 Å². The third-order valence-corrected chi connectivity index (χ3v) is 4.65. The average Bonchev–Trinajstić information content (AvgIpc) is 2.56. The summed E-state index contributed by atoms with van der Waals surface area (Å²) in [4.78, 5) is 24.3. The Morgan fingerprint density at radius 3 is 2.44 bits per heavy atom. The fraction of sp³-hybridized carbons (Fsp3) is 0.273. The number of carbonyl (C=O) groups excluding carboxylic acids is 2. The summed E-state index contributed by atoms with van der Waals surface area (Å²) >= 11 is 0. The zero-order valence-electron chi connectivity index (χ0n) is 15.6. The summed E-state index contributed by atoms with van der Waals surface area (Å²) in [5.74, 6) is -0.254. The van der Waals surface area contributed by atoms with E-state index in [0.717, 1.165) is 34.1 Å². The standard InChI is InChI=1S/C22H25NO2/c1-14(2)17-8-7-9-18(12-17)22(5,6)23-21(25)19-11-10-15(3)16(4)20(19)13-24/h7-13H,1H2,2-6H3,(H,23,25). The van der Waals surface area contributed by atoms with E-state index in [1.165, 1.54) is 0 Å². The zero-order valence-corrected chi connectivity index (χ0v) is 15.6. The number of allylic oxidation sites excluding steroid dienone is 1. The van der Waals surface area contributed by atoms with Crippen LogP contribution in [0.2, 0.25) is 0 Å². The molecule has 0 radical (unpaired) electrons. The van der Waals surface area contributed by atoms with Gasteiger partial charge in [0.2, 0.25) is 0 Å². The summed E-state index contributed by atoms with van der Waals surface area (Å²) in [6, 6.07) is 11.5. The Balaban J connectivity index is 2.37. The van der Waals surface area contributed by atoms with E-state index < -0.39 is 5.54 Å². The highest BCUT2D eigenvalue weighted by molar-refractivity contribution is 6.02. The zero-order chi connectivity index (χ0) is 18.8. The maximum atomic E-state index is 12.8. The third kappa shape index (κ3) is 3.87. The van der Waals surface area contributed by atoms with Crippen LogP contribution in [-0.2, 0) is 5.54 Å². The number of hydrogen-bond donors (Lipinski definition) is 1. The maximum Gasteiger partial charge on any atom is 0.252 e. The Kier molecular flexibility index (Phi) is 5.27. The summed E-state index contributed by atoms with van der Waals surface area (Å²) in [5, 5.41) is 3.05. The average molecular weight is 335 g/mol. The number of aryl methyl sites for hydroxylation is 1. The van der Waals surface area contributed by atoms with Crippen LogP contribution >= 0.6 is 0 Å². The summed E-state index contributed by atoms with van der Waals surface area (Å²) < 4.78 is 0. The molecule has 0 saturated heterocycles.